The van der Waals surface area contributed by atoms with Crippen LogP contribution >= 0.6 is 11.3 Å². The highest BCUT2D eigenvalue weighted by Gasteiger charge is 2.34. The van der Waals surface area contributed by atoms with Crippen molar-refractivity contribution >= 4 is 50.6 Å². The second kappa shape index (κ2) is 10.7. The Labute approximate surface area is 237 Å². The summed E-state index contributed by atoms with van der Waals surface area (Å²) in [7, 11) is 0. The Bertz CT molecular complexity index is 1620. The number of carbonyl (C=O) groups is 2. The molecule has 0 unspecified atom stereocenters. The molecule has 3 N–H and O–H groups in total. The molecule has 3 heterocycles. The molecule has 1 fully saturated rings. The van der Waals surface area contributed by atoms with E-state index in [1.54, 1.807) is 11.1 Å². The molecule has 1 aliphatic carbocycles. The number of nitrogens with zero attached hydrogens (tertiary/aromatic N) is 2. The molecule has 0 radical (unpaired) electrons. The lowest BCUT2D eigenvalue weighted by Crippen LogP contribution is -2.51. The summed E-state index contributed by atoms with van der Waals surface area (Å²) in [5.41, 5.74) is 3.70. The number of aromatic nitrogens is 1. The van der Waals surface area contributed by atoms with Gasteiger partial charge in [-0.15, -0.1) is 11.3 Å². The molecule has 2 aromatic carbocycles. The van der Waals surface area contributed by atoms with E-state index in [2.05, 4.69) is 27.5 Å². The number of hydrogen-bond acceptors (Lipinski definition) is 6. The number of para-hydroxylation sites is 1. The maximum Gasteiger partial charge on any atom is 0.331 e. The lowest BCUT2D eigenvalue weighted by Gasteiger charge is -2.33. The molecule has 40 heavy (non-hydrogen) atoms. The van der Waals surface area contributed by atoms with Gasteiger partial charge in [0.2, 0.25) is 0 Å². The molecule has 4 aromatic rings. The van der Waals surface area contributed by atoms with Crippen LogP contribution in [0.25, 0.3) is 10.2 Å². The van der Waals surface area contributed by atoms with Gasteiger partial charge in [0.05, 0.1) is 22.4 Å². The van der Waals surface area contributed by atoms with Gasteiger partial charge in [-0.2, -0.15) is 0 Å². The van der Waals surface area contributed by atoms with Gasteiger partial charge in [0.15, 0.2) is 0 Å². The van der Waals surface area contributed by atoms with Crippen molar-refractivity contribution in [2.75, 3.05) is 10.2 Å². The smallest absolute Gasteiger partial charge is 0.331 e. The van der Waals surface area contributed by atoms with Crippen molar-refractivity contribution in [3.63, 3.8) is 0 Å². The van der Waals surface area contributed by atoms with E-state index >= 15 is 0 Å². The Morgan fingerprint density at radius 1 is 1.05 bits per heavy atom. The van der Waals surface area contributed by atoms with E-state index in [1.807, 2.05) is 68.4 Å². The molecule has 2 aliphatic rings. The maximum absolute atomic E-state index is 13.6. The third kappa shape index (κ3) is 4.88. The number of rotatable bonds is 7. The molecule has 2 atom stereocenters. The zero-order valence-corrected chi connectivity index (χ0v) is 23.3. The summed E-state index contributed by atoms with van der Waals surface area (Å²) in [5, 5.41) is 10.4. The largest absolute Gasteiger partial charge is 0.457 e. The number of benzene rings is 2. The van der Waals surface area contributed by atoms with Gasteiger partial charge in [0.25, 0.3) is 5.91 Å². The number of allylic oxidation sites excluding steroid dienone is 1. The van der Waals surface area contributed by atoms with Gasteiger partial charge in [-0.1, -0.05) is 37.6 Å². The van der Waals surface area contributed by atoms with Gasteiger partial charge in [-0.25, -0.2) is 9.78 Å². The summed E-state index contributed by atoms with van der Waals surface area (Å²) in [6.07, 6.45) is 5.72. The summed E-state index contributed by atoms with van der Waals surface area (Å²) in [6.45, 7) is 7.85. The van der Waals surface area contributed by atoms with E-state index in [1.165, 1.54) is 11.3 Å². The van der Waals surface area contributed by atoms with Gasteiger partial charge in [-0.05, 0) is 68.7 Å². The standard InChI is InChI=1S/C31H31N5O3S/c1-18(2)33-22-11-7-8-12-23(22)34-29(37)28-27-26-25(15-16-32-30(26)40-28)36(31(38)35-27)24-14-13-21(17-19(24)3)39-20-9-5-4-6-10-20/h4-6,9-10,13-17,22-23,33H,1,7-8,11-12H2,2-3H3,(H,34,37)(H,35,38)/t22-,23+/m0/s1. The Hall–Kier alpha value is -4.37. The Morgan fingerprint density at radius 2 is 1.80 bits per heavy atom. The first-order chi connectivity index (χ1) is 19.4. The predicted octanol–water partition coefficient (Wildman–Crippen LogP) is 7.24. The average molecular weight is 554 g/mol. The number of aryl methyl sites for hydroxylation is 1. The van der Waals surface area contributed by atoms with Crippen LogP contribution in [0, 0.1) is 6.92 Å². The van der Waals surface area contributed by atoms with E-state index in [0.29, 0.717) is 26.8 Å². The molecule has 1 saturated carbocycles. The van der Waals surface area contributed by atoms with Gasteiger partial charge in [-0.3, -0.25) is 9.69 Å². The number of urea groups is 1. The molecule has 204 valence electrons. The maximum atomic E-state index is 13.6. The van der Waals surface area contributed by atoms with Crippen molar-refractivity contribution in [2.45, 2.75) is 51.6 Å². The van der Waals surface area contributed by atoms with Gasteiger partial charge in [0.1, 0.15) is 21.2 Å². The highest BCUT2D eigenvalue weighted by atomic mass is 32.1. The second-order valence-electron chi connectivity index (χ2n) is 10.3. The number of pyridine rings is 1. The number of amides is 3. The minimum atomic E-state index is -0.327. The number of hydrogen-bond donors (Lipinski definition) is 3. The number of ether oxygens (including phenoxy) is 1. The quantitative estimate of drug-likeness (QED) is 0.224. The summed E-state index contributed by atoms with van der Waals surface area (Å²) in [5.74, 6) is 1.23. The number of carbonyl (C=O) groups excluding carboxylic acids is 2. The van der Waals surface area contributed by atoms with Crippen molar-refractivity contribution in [2.24, 2.45) is 0 Å². The van der Waals surface area contributed by atoms with Crippen LogP contribution in [0.5, 0.6) is 11.5 Å². The number of nitrogens with one attached hydrogen (secondary N) is 3. The molecule has 8 nitrogen and oxygen atoms in total. The fourth-order valence-corrected chi connectivity index (χ4v) is 6.60. The van der Waals surface area contributed by atoms with Crippen LogP contribution in [-0.4, -0.2) is 29.0 Å². The fraction of sp³-hybridized carbons (Fsp3) is 0.258. The van der Waals surface area contributed by atoms with Crippen LogP contribution in [0.1, 0.15) is 47.8 Å². The minimum absolute atomic E-state index is 0.0159. The van der Waals surface area contributed by atoms with Crippen molar-refractivity contribution in [3.8, 4) is 11.5 Å². The molecule has 0 spiro atoms. The average Bonchev–Trinajstić information content (AvgIpc) is 3.30. The summed E-state index contributed by atoms with van der Waals surface area (Å²) >= 11 is 1.30. The molecular formula is C31H31N5O3S. The van der Waals surface area contributed by atoms with E-state index in [-0.39, 0.29) is 24.0 Å². The third-order valence-electron chi connectivity index (χ3n) is 7.35. The third-order valence-corrected chi connectivity index (χ3v) is 8.45. The van der Waals surface area contributed by atoms with Crippen molar-refractivity contribution in [3.05, 3.63) is 83.5 Å². The van der Waals surface area contributed by atoms with Crippen molar-refractivity contribution < 1.29 is 14.3 Å². The predicted molar refractivity (Wildman–Crippen MR) is 160 cm³/mol. The Kier molecular flexibility index (Phi) is 6.89. The minimum Gasteiger partial charge on any atom is -0.457 e. The van der Waals surface area contributed by atoms with Crippen molar-refractivity contribution in [1.29, 1.82) is 0 Å². The highest BCUT2D eigenvalue weighted by molar-refractivity contribution is 7.21. The fourth-order valence-electron chi connectivity index (χ4n) is 5.58. The lowest BCUT2D eigenvalue weighted by atomic mass is 9.90. The van der Waals surface area contributed by atoms with E-state index in [9.17, 15) is 9.59 Å². The van der Waals surface area contributed by atoms with Gasteiger partial charge in [0, 0.05) is 24.0 Å². The molecular weight excluding hydrogens is 522 g/mol. The Morgan fingerprint density at radius 3 is 2.52 bits per heavy atom. The SMILES string of the molecule is C=C(C)N[C@H]1CCCC[C@H]1NC(=O)c1sc2nccc3c2c1NC(=O)N3c1ccc(Oc2ccccc2)cc1C. The monoisotopic (exact) mass is 553 g/mol. The molecule has 3 amide bonds. The molecule has 6 rings (SSSR count). The second-order valence-corrected chi connectivity index (χ2v) is 11.3. The topological polar surface area (TPSA) is 95.6 Å². The summed E-state index contributed by atoms with van der Waals surface area (Å²) < 4.78 is 5.98. The molecule has 1 aliphatic heterocycles. The first-order valence-corrected chi connectivity index (χ1v) is 14.3. The lowest BCUT2D eigenvalue weighted by molar-refractivity contribution is 0.0922. The van der Waals surface area contributed by atoms with Crippen molar-refractivity contribution in [1.82, 2.24) is 15.6 Å². The zero-order chi connectivity index (χ0) is 27.8. The van der Waals surface area contributed by atoms with Crippen LogP contribution in [0.2, 0.25) is 0 Å². The molecule has 0 saturated heterocycles. The molecule has 2 aromatic heterocycles. The first kappa shape index (κ1) is 25.9. The number of thiophene rings is 1. The highest BCUT2D eigenvalue weighted by Crippen LogP contribution is 2.46. The van der Waals surface area contributed by atoms with E-state index < -0.39 is 0 Å². The normalized spacial score (nSPS) is 18.2. The van der Waals surface area contributed by atoms with Crippen LogP contribution < -0.4 is 25.6 Å². The van der Waals surface area contributed by atoms with Crippen LogP contribution in [0.15, 0.2) is 73.1 Å². The number of anilines is 3. The van der Waals surface area contributed by atoms with Gasteiger partial charge < -0.3 is 20.7 Å². The van der Waals surface area contributed by atoms with Gasteiger partial charge >= 0.3 is 6.03 Å². The Balaban J connectivity index is 1.31. The first-order valence-electron chi connectivity index (χ1n) is 13.5. The zero-order valence-electron chi connectivity index (χ0n) is 22.5. The summed E-state index contributed by atoms with van der Waals surface area (Å²) in [4.78, 5) is 34.5. The van der Waals surface area contributed by atoms with Crippen LogP contribution in [-0.2, 0) is 0 Å². The summed E-state index contributed by atoms with van der Waals surface area (Å²) in [6, 6.07) is 16.8. The molecule has 9 heteroatoms. The van der Waals surface area contributed by atoms with E-state index in [4.69, 9.17) is 4.74 Å². The molecule has 0 bridgehead atoms. The van der Waals surface area contributed by atoms with E-state index in [0.717, 1.165) is 53.8 Å². The van der Waals surface area contributed by atoms with Crippen LogP contribution in [0.4, 0.5) is 21.9 Å². The van der Waals surface area contributed by atoms with Crippen LogP contribution in [0.3, 0.4) is 0 Å².